The van der Waals surface area contributed by atoms with Crippen molar-refractivity contribution in [2.75, 3.05) is 35.0 Å². The minimum absolute atomic E-state index is 0.0646. The van der Waals surface area contributed by atoms with Gasteiger partial charge >= 0.3 is 5.97 Å². The smallest absolute Gasteiger partial charge is 0.325 e. The molecule has 4 rings (SSSR count). The first-order chi connectivity index (χ1) is 17.7. The fourth-order valence-electron chi connectivity index (χ4n) is 4.15. The summed E-state index contributed by atoms with van der Waals surface area (Å²) in [4.78, 5) is 30.1. The maximum Gasteiger partial charge on any atom is 0.325 e. The average Bonchev–Trinajstić information content (AvgIpc) is 3.53. The first kappa shape index (κ1) is 26.6. The quantitative estimate of drug-likeness (QED) is 0.392. The number of hydrogen-bond acceptors (Lipinski definition) is 9. The second-order valence-corrected chi connectivity index (χ2v) is 11.0. The molecule has 11 nitrogen and oxygen atoms in total. The summed E-state index contributed by atoms with van der Waals surface area (Å²) in [5, 5.41) is 0. The van der Waals surface area contributed by atoms with Crippen LogP contribution in [-0.2, 0) is 30.9 Å². The number of sulfonamides is 1. The van der Waals surface area contributed by atoms with Gasteiger partial charge in [-0.3, -0.25) is 9.59 Å². The molecule has 3 aromatic rings. The molecule has 13 heteroatoms. The van der Waals surface area contributed by atoms with Gasteiger partial charge in [0.05, 0.1) is 43.6 Å². The molecule has 1 amide bonds. The Kier molecular flexibility index (Phi) is 7.85. The van der Waals surface area contributed by atoms with Crippen molar-refractivity contribution in [3.8, 4) is 17.2 Å². The van der Waals surface area contributed by atoms with Gasteiger partial charge in [-0.2, -0.15) is 9.30 Å². The number of hydrogen-bond donors (Lipinski definition) is 0. The van der Waals surface area contributed by atoms with E-state index in [0.717, 1.165) is 0 Å². The first-order valence-corrected chi connectivity index (χ1v) is 13.6. The monoisotopic (exact) mass is 549 g/mol. The molecule has 1 atom stereocenters. The van der Waals surface area contributed by atoms with Crippen LogP contribution in [0.5, 0.6) is 17.2 Å². The van der Waals surface area contributed by atoms with E-state index < -0.39 is 27.9 Å². The van der Waals surface area contributed by atoms with Gasteiger partial charge in [-0.15, -0.1) is 0 Å². The van der Waals surface area contributed by atoms with Crippen LogP contribution >= 0.6 is 11.3 Å². The summed E-state index contributed by atoms with van der Waals surface area (Å²) in [5.74, 6) is 0.298. The SMILES string of the molecule is COC(=O)Cn1c(=NC(=O)C2CCCN2S(=O)(=O)c2ccc(OC)cc2)sc2cc(OC)c(OC)cc21. The number of carbonyl (C=O) groups is 2. The van der Waals surface area contributed by atoms with Gasteiger partial charge in [0.15, 0.2) is 16.3 Å². The Bertz CT molecular complexity index is 1490. The van der Waals surface area contributed by atoms with Crippen LogP contribution in [0.3, 0.4) is 0 Å². The van der Waals surface area contributed by atoms with Crippen molar-refractivity contribution in [2.45, 2.75) is 30.3 Å². The van der Waals surface area contributed by atoms with Gasteiger partial charge in [-0.1, -0.05) is 11.3 Å². The number of ether oxygens (including phenoxy) is 4. The van der Waals surface area contributed by atoms with E-state index in [1.54, 1.807) is 28.8 Å². The van der Waals surface area contributed by atoms with Crippen molar-refractivity contribution >= 4 is 43.5 Å². The molecule has 198 valence electrons. The highest BCUT2D eigenvalue weighted by Crippen LogP contribution is 2.33. The fraction of sp³-hybridized carbons (Fsp3) is 0.375. The van der Waals surface area contributed by atoms with Crippen molar-refractivity contribution in [3.63, 3.8) is 0 Å². The van der Waals surface area contributed by atoms with Crippen molar-refractivity contribution < 1.29 is 37.0 Å². The lowest BCUT2D eigenvalue weighted by atomic mass is 10.2. The van der Waals surface area contributed by atoms with Crippen LogP contribution in [0.4, 0.5) is 0 Å². The summed E-state index contributed by atoms with van der Waals surface area (Å²) >= 11 is 1.17. The summed E-state index contributed by atoms with van der Waals surface area (Å²) in [6, 6.07) is 8.45. The van der Waals surface area contributed by atoms with E-state index in [4.69, 9.17) is 18.9 Å². The fourth-order valence-corrected chi connectivity index (χ4v) is 6.85. The third kappa shape index (κ3) is 5.20. The molecule has 1 fully saturated rings. The number of fused-ring (bicyclic) bond motifs is 1. The zero-order valence-corrected chi connectivity index (χ0v) is 22.4. The molecule has 0 bridgehead atoms. The average molecular weight is 550 g/mol. The third-order valence-corrected chi connectivity index (χ3v) is 9.03. The number of methoxy groups -OCH3 is 4. The topological polar surface area (TPSA) is 126 Å². The molecule has 1 aromatic heterocycles. The number of esters is 1. The number of benzene rings is 2. The van der Waals surface area contributed by atoms with Crippen molar-refractivity contribution in [1.82, 2.24) is 8.87 Å². The maximum atomic E-state index is 13.4. The Balaban J connectivity index is 1.76. The molecule has 1 aliphatic heterocycles. The largest absolute Gasteiger partial charge is 0.497 e. The van der Waals surface area contributed by atoms with Gasteiger partial charge in [0.25, 0.3) is 5.91 Å². The number of amides is 1. The molecule has 0 saturated carbocycles. The van der Waals surface area contributed by atoms with E-state index in [1.807, 2.05) is 0 Å². The molecule has 37 heavy (non-hydrogen) atoms. The summed E-state index contributed by atoms with van der Waals surface area (Å²) in [5.41, 5.74) is 0.591. The first-order valence-electron chi connectivity index (χ1n) is 11.3. The van der Waals surface area contributed by atoms with Gasteiger partial charge in [0, 0.05) is 18.7 Å². The Labute approximate surface area is 217 Å². The van der Waals surface area contributed by atoms with Gasteiger partial charge in [0.2, 0.25) is 10.0 Å². The zero-order chi connectivity index (χ0) is 26.7. The van der Waals surface area contributed by atoms with Gasteiger partial charge in [-0.05, 0) is 37.1 Å². The van der Waals surface area contributed by atoms with E-state index >= 15 is 0 Å². The van der Waals surface area contributed by atoms with Crippen molar-refractivity contribution in [1.29, 1.82) is 0 Å². The summed E-state index contributed by atoms with van der Waals surface area (Å²) in [6.45, 7) is -0.000111. The summed E-state index contributed by atoms with van der Waals surface area (Å²) < 4.78 is 50.8. The Morgan fingerprint density at radius 2 is 1.70 bits per heavy atom. The Morgan fingerprint density at radius 3 is 2.32 bits per heavy atom. The third-order valence-electron chi connectivity index (χ3n) is 6.06. The molecule has 1 aliphatic rings. The molecule has 0 N–H and O–H groups in total. The maximum absolute atomic E-state index is 13.4. The van der Waals surface area contributed by atoms with Crippen LogP contribution < -0.4 is 19.0 Å². The number of rotatable bonds is 8. The predicted molar refractivity (Wildman–Crippen MR) is 135 cm³/mol. The standard InChI is InChI=1S/C24H27N3O8S2/c1-32-15-7-9-16(10-8-15)37(30,31)27-11-5-6-17(27)23(29)25-24-26(14-22(28)35-4)18-12-19(33-2)20(34-3)13-21(18)36-24/h7-10,12-13,17H,5-6,11,14H2,1-4H3. The summed E-state index contributed by atoms with van der Waals surface area (Å²) in [7, 11) is 1.82. The lowest BCUT2D eigenvalue weighted by Gasteiger charge is -2.21. The lowest BCUT2D eigenvalue weighted by Crippen LogP contribution is -2.40. The molecule has 0 aliphatic carbocycles. The normalized spacial score (nSPS) is 16.6. The van der Waals surface area contributed by atoms with E-state index in [0.29, 0.717) is 40.3 Å². The van der Waals surface area contributed by atoms with E-state index in [2.05, 4.69) is 4.99 Å². The Hall–Kier alpha value is -3.42. The minimum atomic E-state index is -3.94. The molecule has 1 unspecified atom stereocenters. The van der Waals surface area contributed by atoms with Crippen LogP contribution in [0.1, 0.15) is 12.8 Å². The zero-order valence-electron chi connectivity index (χ0n) is 20.8. The van der Waals surface area contributed by atoms with E-state index in [1.165, 1.54) is 56.2 Å². The number of aromatic nitrogens is 1. The lowest BCUT2D eigenvalue weighted by molar-refractivity contribution is -0.141. The molecule has 1 saturated heterocycles. The second-order valence-electron chi connectivity index (χ2n) is 8.12. The number of carbonyl (C=O) groups excluding carboxylic acids is 2. The molecule has 0 radical (unpaired) electrons. The Morgan fingerprint density at radius 1 is 1.03 bits per heavy atom. The predicted octanol–water partition coefficient (Wildman–Crippen LogP) is 2.18. The molecule has 2 heterocycles. The van der Waals surface area contributed by atoms with Crippen molar-refractivity contribution in [3.05, 3.63) is 41.2 Å². The molecular formula is C24H27N3O8S2. The van der Waals surface area contributed by atoms with Crippen molar-refractivity contribution in [2.24, 2.45) is 4.99 Å². The van der Waals surface area contributed by atoms with Gasteiger partial charge in [0.1, 0.15) is 18.3 Å². The van der Waals surface area contributed by atoms with Crippen LogP contribution in [0.2, 0.25) is 0 Å². The number of thiazole rings is 1. The second kappa shape index (κ2) is 10.9. The molecular weight excluding hydrogens is 522 g/mol. The van der Waals surface area contributed by atoms with E-state index in [9.17, 15) is 18.0 Å². The van der Waals surface area contributed by atoms with Crippen LogP contribution in [0, 0.1) is 0 Å². The minimum Gasteiger partial charge on any atom is -0.497 e. The van der Waals surface area contributed by atoms with E-state index in [-0.39, 0.29) is 22.8 Å². The molecule has 0 spiro atoms. The highest BCUT2D eigenvalue weighted by Gasteiger charge is 2.39. The molecule has 2 aromatic carbocycles. The van der Waals surface area contributed by atoms with Crippen LogP contribution in [0.15, 0.2) is 46.3 Å². The highest BCUT2D eigenvalue weighted by atomic mass is 32.2. The highest BCUT2D eigenvalue weighted by molar-refractivity contribution is 7.89. The van der Waals surface area contributed by atoms with Crippen LogP contribution in [0.25, 0.3) is 10.2 Å². The summed E-state index contributed by atoms with van der Waals surface area (Å²) in [6.07, 6.45) is 0.853. The number of nitrogens with zero attached hydrogens (tertiary/aromatic N) is 3. The van der Waals surface area contributed by atoms with Gasteiger partial charge < -0.3 is 23.5 Å². The van der Waals surface area contributed by atoms with Crippen LogP contribution in [-0.4, -0.2) is 70.2 Å². The van der Waals surface area contributed by atoms with Gasteiger partial charge in [-0.25, -0.2) is 8.42 Å².